The lowest BCUT2D eigenvalue weighted by molar-refractivity contribution is -0.145. The maximum atomic E-state index is 8.19. The molecule has 0 aliphatic carbocycles. The zero-order valence-electron chi connectivity index (χ0n) is 4.46. The summed E-state index contributed by atoms with van der Waals surface area (Å²) in [6.07, 6.45) is 0.293. The van der Waals surface area contributed by atoms with Crippen LogP contribution in [0.25, 0.3) is 0 Å². The van der Waals surface area contributed by atoms with Gasteiger partial charge in [-0.05, 0) is 6.42 Å². The van der Waals surface area contributed by atoms with Gasteiger partial charge in [-0.15, -0.1) is 0 Å². The van der Waals surface area contributed by atoms with Crippen LogP contribution in [0.4, 0.5) is 0 Å². The highest BCUT2D eigenvalue weighted by Gasteiger charge is 2.10. The number of hydrogen-bond donors (Lipinski definition) is 0. The van der Waals surface area contributed by atoms with E-state index in [2.05, 4.69) is 0 Å². The Balaban J connectivity index is 2.25. The number of ether oxygens (including phenoxy) is 2. The monoisotopic (exact) mass is 113 g/mol. The van der Waals surface area contributed by atoms with Gasteiger partial charge in [0.2, 0.25) is 6.29 Å². The first-order chi connectivity index (χ1) is 3.93. The first kappa shape index (κ1) is 5.54. The summed E-state index contributed by atoms with van der Waals surface area (Å²) in [5.41, 5.74) is 0. The van der Waals surface area contributed by atoms with Crippen LogP contribution >= 0.6 is 0 Å². The van der Waals surface area contributed by atoms with Gasteiger partial charge in [0.05, 0.1) is 13.2 Å². The van der Waals surface area contributed by atoms with E-state index in [-0.39, 0.29) is 0 Å². The summed E-state index contributed by atoms with van der Waals surface area (Å²) < 4.78 is 9.69. The molecule has 0 aromatic carbocycles. The average Bonchev–Trinajstić information content (AvgIpc) is 1.90. The van der Waals surface area contributed by atoms with Gasteiger partial charge in [-0.2, -0.15) is 5.26 Å². The SMILES string of the molecule is N#CC1OCCCO1. The molecular weight excluding hydrogens is 106 g/mol. The molecule has 3 nitrogen and oxygen atoms in total. The molecule has 0 saturated carbocycles. The summed E-state index contributed by atoms with van der Waals surface area (Å²) in [5, 5.41) is 8.19. The Bertz CT molecular complexity index is 101. The van der Waals surface area contributed by atoms with Gasteiger partial charge in [-0.1, -0.05) is 0 Å². The van der Waals surface area contributed by atoms with Crippen LogP contribution in [0.15, 0.2) is 0 Å². The molecule has 0 spiro atoms. The maximum absolute atomic E-state index is 8.19. The predicted molar refractivity (Wildman–Crippen MR) is 25.9 cm³/mol. The average molecular weight is 113 g/mol. The number of hydrogen-bond acceptors (Lipinski definition) is 3. The Morgan fingerprint density at radius 2 is 2.00 bits per heavy atom. The molecule has 8 heavy (non-hydrogen) atoms. The van der Waals surface area contributed by atoms with E-state index >= 15 is 0 Å². The van der Waals surface area contributed by atoms with Gasteiger partial charge in [0.25, 0.3) is 0 Å². The minimum absolute atomic E-state index is 0.608. The summed E-state index contributed by atoms with van der Waals surface area (Å²) in [6.45, 7) is 1.30. The molecule has 44 valence electrons. The molecule has 1 aliphatic rings. The molecule has 3 heteroatoms. The second-order valence-corrected chi connectivity index (χ2v) is 1.56. The van der Waals surface area contributed by atoms with Crippen molar-refractivity contribution in [3.63, 3.8) is 0 Å². The third kappa shape index (κ3) is 1.19. The second kappa shape index (κ2) is 2.65. The van der Waals surface area contributed by atoms with Gasteiger partial charge in [0, 0.05) is 0 Å². The van der Waals surface area contributed by atoms with E-state index in [0.29, 0.717) is 13.2 Å². The Morgan fingerprint density at radius 3 is 2.38 bits per heavy atom. The van der Waals surface area contributed by atoms with Crippen molar-refractivity contribution in [2.75, 3.05) is 13.2 Å². The molecule has 0 atom stereocenters. The molecule has 1 saturated heterocycles. The van der Waals surface area contributed by atoms with Gasteiger partial charge in [-0.3, -0.25) is 0 Å². The van der Waals surface area contributed by atoms with Gasteiger partial charge >= 0.3 is 0 Å². The molecule has 0 bridgehead atoms. The standard InChI is InChI=1S/C5H7NO2/c6-4-5-7-2-1-3-8-5/h5H,1-3H2. The van der Waals surface area contributed by atoms with Crippen molar-refractivity contribution in [1.82, 2.24) is 0 Å². The van der Waals surface area contributed by atoms with Crippen LogP contribution in [0, 0.1) is 11.3 Å². The van der Waals surface area contributed by atoms with E-state index in [1.807, 2.05) is 6.07 Å². The molecule has 1 rings (SSSR count). The van der Waals surface area contributed by atoms with E-state index in [0.717, 1.165) is 6.42 Å². The van der Waals surface area contributed by atoms with E-state index in [1.165, 1.54) is 0 Å². The van der Waals surface area contributed by atoms with E-state index in [9.17, 15) is 0 Å². The van der Waals surface area contributed by atoms with Crippen LogP contribution < -0.4 is 0 Å². The van der Waals surface area contributed by atoms with E-state index < -0.39 is 6.29 Å². The van der Waals surface area contributed by atoms with Crippen molar-refractivity contribution in [3.05, 3.63) is 0 Å². The van der Waals surface area contributed by atoms with Crippen molar-refractivity contribution in [2.24, 2.45) is 0 Å². The lowest BCUT2D eigenvalue weighted by Crippen LogP contribution is -2.22. The number of nitrogens with zero attached hydrogens (tertiary/aromatic N) is 1. The van der Waals surface area contributed by atoms with Gasteiger partial charge in [-0.25, -0.2) is 0 Å². The quantitative estimate of drug-likeness (QED) is 0.453. The zero-order chi connectivity index (χ0) is 5.82. The summed E-state index contributed by atoms with van der Waals surface area (Å²) in [6, 6.07) is 1.86. The highest BCUT2D eigenvalue weighted by molar-refractivity contribution is 4.76. The van der Waals surface area contributed by atoms with E-state index in [1.54, 1.807) is 0 Å². The highest BCUT2D eigenvalue weighted by Crippen LogP contribution is 2.01. The van der Waals surface area contributed by atoms with Crippen LogP contribution in [-0.4, -0.2) is 19.5 Å². The summed E-state index contributed by atoms with van der Waals surface area (Å²) >= 11 is 0. The lowest BCUT2D eigenvalue weighted by Gasteiger charge is -2.16. The molecule has 0 unspecified atom stereocenters. The third-order valence-electron chi connectivity index (χ3n) is 0.933. The molecule has 1 fully saturated rings. The normalized spacial score (nSPS) is 22.4. The van der Waals surface area contributed by atoms with Gasteiger partial charge < -0.3 is 9.47 Å². The lowest BCUT2D eigenvalue weighted by atomic mass is 10.4. The maximum Gasteiger partial charge on any atom is 0.248 e. The van der Waals surface area contributed by atoms with Gasteiger partial charge in [0.15, 0.2) is 0 Å². The summed E-state index contributed by atoms with van der Waals surface area (Å²) in [5.74, 6) is 0. The predicted octanol–water partition coefficient (Wildman–Crippen LogP) is 0.273. The van der Waals surface area contributed by atoms with Crippen LogP contribution in [0.1, 0.15) is 6.42 Å². The minimum Gasteiger partial charge on any atom is -0.340 e. The van der Waals surface area contributed by atoms with Crippen LogP contribution in [0.2, 0.25) is 0 Å². The number of rotatable bonds is 0. The fourth-order valence-electron chi connectivity index (χ4n) is 0.562. The Morgan fingerprint density at radius 1 is 1.38 bits per heavy atom. The molecular formula is C5H7NO2. The topological polar surface area (TPSA) is 42.2 Å². The Labute approximate surface area is 47.8 Å². The highest BCUT2D eigenvalue weighted by atomic mass is 16.7. The fourth-order valence-corrected chi connectivity index (χ4v) is 0.562. The summed E-state index contributed by atoms with van der Waals surface area (Å²) in [7, 11) is 0. The van der Waals surface area contributed by atoms with Crippen molar-refractivity contribution in [3.8, 4) is 6.07 Å². The largest absolute Gasteiger partial charge is 0.340 e. The van der Waals surface area contributed by atoms with Crippen molar-refractivity contribution in [1.29, 1.82) is 5.26 Å². The van der Waals surface area contributed by atoms with Crippen LogP contribution in [0.5, 0.6) is 0 Å². The van der Waals surface area contributed by atoms with Crippen LogP contribution in [0.3, 0.4) is 0 Å². The molecule has 0 radical (unpaired) electrons. The molecule has 0 aromatic rings. The summed E-state index contributed by atoms with van der Waals surface area (Å²) in [4.78, 5) is 0. The Hall–Kier alpha value is -0.590. The van der Waals surface area contributed by atoms with Crippen molar-refractivity contribution in [2.45, 2.75) is 12.7 Å². The Kier molecular flexibility index (Phi) is 1.84. The smallest absolute Gasteiger partial charge is 0.248 e. The molecule has 1 heterocycles. The zero-order valence-corrected chi connectivity index (χ0v) is 4.46. The second-order valence-electron chi connectivity index (χ2n) is 1.56. The van der Waals surface area contributed by atoms with Crippen molar-refractivity contribution >= 4 is 0 Å². The first-order valence-corrected chi connectivity index (χ1v) is 2.56. The molecule has 0 amide bonds. The first-order valence-electron chi connectivity index (χ1n) is 2.56. The van der Waals surface area contributed by atoms with Gasteiger partial charge in [0.1, 0.15) is 6.07 Å². The minimum atomic E-state index is -0.608. The van der Waals surface area contributed by atoms with E-state index in [4.69, 9.17) is 14.7 Å². The molecule has 1 aliphatic heterocycles. The fraction of sp³-hybridized carbons (Fsp3) is 0.800. The molecule has 0 aromatic heterocycles. The molecule has 0 N–H and O–H groups in total. The third-order valence-corrected chi connectivity index (χ3v) is 0.933. The number of nitriles is 1. The van der Waals surface area contributed by atoms with Crippen LogP contribution in [-0.2, 0) is 9.47 Å². The van der Waals surface area contributed by atoms with Crippen molar-refractivity contribution < 1.29 is 9.47 Å².